The van der Waals surface area contributed by atoms with Crippen LogP contribution in [0.4, 0.5) is 4.39 Å². The van der Waals surface area contributed by atoms with Crippen molar-refractivity contribution in [3.63, 3.8) is 0 Å². The Hall–Kier alpha value is -1.42. The van der Waals surface area contributed by atoms with Crippen LogP contribution in [0.3, 0.4) is 0 Å². The van der Waals surface area contributed by atoms with Gasteiger partial charge in [-0.2, -0.15) is 0 Å². The Labute approximate surface area is 138 Å². The predicted octanol–water partition coefficient (Wildman–Crippen LogP) is 3.22. The summed E-state index contributed by atoms with van der Waals surface area (Å²) in [5.41, 5.74) is 6.59. The number of nitrogens with zero attached hydrogens (tertiary/aromatic N) is 1. The molecule has 2 atom stereocenters. The molecular weight excluding hydrogens is 291 g/mol. The molecule has 0 aromatic heterocycles. The molecule has 2 N–H and O–H groups in total. The number of piperidine rings is 1. The summed E-state index contributed by atoms with van der Waals surface area (Å²) in [4.78, 5) is 15.4. The van der Waals surface area contributed by atoms with Crippen LogP contribution in [-0.4, -0.2) is 29.9 Å². The maximum Gasteiger partial charge on any atom is 0.233 e. The summed E-state index contributed by atoms with van der Waals surface area (Å²) in [6.07, 6.45) is 6.00. The second kappa shape index (κ2) is 6.60. The van der Waals surface area contributed by atoms with Crippen molar-refractivity contribution >= 4 is 5.91 Å². The Morgan fingerprint density at radius 1 is 1.26 bits per heavy atom. The van der Waals surface area contributed by atoms with Crippen LogP contribution >= 0.6 is 0 Å². The lowest BCUT2D eigenvalue weighted by atomic mass is 9.76. The van der Waals surface area contributed by atoms with Crippen LogP contribution in [0.2, 0.25) is 0 Å². The van der Waals surface area contributed by atoms with Gasteiger partial charge in [0.2, 0.25) is 5.91 Å². The SMILES string of the molecule is CC(N)C1CCCN(C(=O)C2(c3ccc(F)cc3)CCCC2)C1. The Morgan fingerprint density at radius 3 is 2.52 bits per heavy atom. The van der Waals surface area contributed by atoms with Gasteiger partial charge < -0.3 is 10.6 Å². The van der Waals surface area contributed by atoms with Crippen LogP contribution in [0.5, 0.6) is 0 Å². The van der Waals surface area contributed by atoms with E-state index in [4.69, 9.17) is 5.73 Å². The van der Waals surface area contributed by atoms with E-state index in [1.165, 1.54) is 12.1 Å². The largest absolute Gasteiger partial charge is 0.342 e. The standard InChI is InChI=1S/C19H27FN2O/c1-14(21)15-5-4-12-22(13-15)18(23)19(10-2-3-11-19)16-6-8-17(20)9-7-16/h6-9,14-15H,2-5,10-13,21H2,1H3. The van der Waals surface area contributed by atoms with Gasteiger partial charge in [-0.1, -0.05) is 25.0 Å². The molecule has 2 aliphatic rings. The summed E-state index contributed by atoms with van der Waals surface area (Å²) in [6, 6.07) is 6.67. The molecule has 4 heteroatoms. The average molecular weight is 318 g/mol. The van der Waals surface area contributed by atoms with Crippen LogP contribution in [0.25, 0.3) is 0 Å². The second-order valence-electron chi connectivity index (χ2n) is 7.31. The van der Waals surface area contributed by atoms with E-state index < -0.39 is 5.41 Å². The van der Waals surface area contributed by atoms with Crippen molar-refractivity contribution in [3.8, 4) is 0 Å². The lowest BCUT2D eigenvalue weighted by Crippen LogP contribution is -2.51. The van der Waals surface area contributed by atoms with Crippen molar-refractivity contribution in [2.75, 3.05) is 13.1 Å². The predicted molar refractivity (Wildman–Crippen MR) is 89.5 cm³/mol. The zero-order valence-electron chi connectivity index (χ0n) is 13.9. The van der Waals surface area contributed by atoms with E-state index in [1.54, 1.807) is 12.1 Å². The minimum Gasteiger partial charge on any atom is -0.342 e. The van der Waals surface area contributed by atoms with E-state index in [0.717, 1.165) is 57.2 Å². The van der Waals surface area contributed by atoms with Gasteiger partial charge in [0, 0.05) is 19.1 Å². The molecular formula is C19H27FN2O. The molecule has 1 heterocycles. The summed E-state index contributed by atoms with van der Waals surface area (Å²) in [7, 11) is 0. The highest BCUT2D eigenvalue weighted by molar-refractivity contribution is 5.88. The van der Waals surface area contributed by atoms with Gasteiger partial charge in [0.05, 0.1) is 5.41 Å². The molecule has 1 saturated carbocycles. The smallest absolute Gasteiger partial charge is 0.233 e. The Kier molecular flexibility index (Phi) is 4.72. The number of halogens is 1. The molecule has 3 nitrogen and oxygen atoms in total. The molecule has 0 radical (unpaired) electrons. The van der Waals surface area contributed by atoms with Crippen LogP contribution in [-0.2, 0) is 10.2 Å². The highest BCUT2D eigenvalue weighted by Crippen LogP contribution is 2.43. The van der Waals surface area contributed by atoms with Gasteiger partial charge in [-0.05, 0) is 56.2 Å². The number of rotatable bonds is 3. The van der Waals surface area contributed by atoms with Crippen molar-refractivity contribution in [1.29, 1.82) is 0 Å². The van der Waals surface area contributed by atoms with Crippen molar-refractivity contribution in [2.24, 2.45) is 11.7 Å². The van der Waals surface area contributed by atoms with Gasteiger partial charge in [0.25, 0.3) is 0 Å². The fourth-order valence-corrected chi connectivity index (χ4v) is 4.30. The molecule has 2 fully saturated rings. The topological polar surface area (TPSA) is 46.3 Å². The van der Waals surface area contributed by atoms with Gasteiger partial charge in [-0.25, -0.2) is 4.39 Å². The first kappa shape index (κ1) is 16.4. The normalized spacial score (nSPS) is 25.3. The van der Waals surface area contributed by atoms with E-state index in [-0.39, 0.29) is 17.8 Å². The number of likely N-dealkylation sites (tertiary alicyclic amines) is 1. The number of carbonyl (C=O) groups is 1. The zero-order chi connectivity index (χ0) is 16.4. The third-order valence-electron chi connectivity index (χ3n) is 5.75. The number of nitrogens with two attached hydrogens (primary N) is 1. The molecule has 0 bridgehead atoms. The molecule has 1 aliphatic carbocycles. The van der Waals surface area contributed by atoms with Gasteiger partial charge in [0.1, 0.15) is 5.82 Å². The van der Waals surface area contributed by atoms with Crippen molar-refractivity contribution < 1.29 is 9.18 Å². The minimum atomic E-state index is -0.451. The molecule has 3 rings (SSSR count). The molecule has 1 aliphatic heterocycles. The number of carbonyl (C=O) groups excluding carboxylic acids is 1. The molecule has 1 aromatic carbocycles. The number of amides is 1. The van der Waals surface area contributed by atoms with Crippen LogP contribution < -0.4 is 5.73 Å². The lowest BCUT2D eigenvalue weighted by Gasteiger charge is -2.40. The summed E-state index contributed by atoms with van der Waals surface area (Å²) in [5.74, 6) is 0.371. The van der Waals surface area contributed by atoms with Gasteiger partial charge in [0.15, 0.2) is 0 Å². The highest BCUT2D eigenvalue weighted by Gasteiger charge is 2.45. The fourth-order valence-electron chi connectivity index (χ4n) is 4.30. The molecule has 126 valence electrons. The first-order valence-corrected chi connectivity index (χ1v) is 8.84. The second-order valence-corrected chi connectivity index (χ2v) is 7.31. The van der Waals surface area contributed by atoms with E-state index >= 15 is 0 Å². The van der Waals surface area contributed by atoms with E-state index in [2.05, 4.69) is 0 Å². The van der Waals surface area contributed by atoms with Gasteiger partial charge in [-0.15, -0.1) is 0 Å². The summed E-state index contributed by atoms with van der Waals surface area (Å²) in [5, 5.41) is 0. The van der Waals surface area contributed by atoms with Crippen LogP contribution in [0.15, 0.2) is 24.3 Å². The summed E-state index contributed by atoms with van der Waals surface area (Å²) >= 11 is 0. The molecule has 23 heavy (non-hydrogen) atoms. The summed E-state index contributed by atoms with van der Waals surface area (Å²) < 4.78 is 13.3. The van der Waals surface area contributed by atoms with E-state index in [9.17, 15) is 9.18 Å². The first-order valence-electron chi connectivity index (χ1n) is 8.84. The summed E-state index contributed by atoms with van der Waals surface area (Å²) in [6.45, 7) is 3.62. The molecule has 2 unspecified atom stereocenters. The Morgan fingerprint density at radius 2 is 1.91 bits per heavy atom. The number of hydrogen-bond acceptors (Lipinski definition) is 2. The van der Waals surface area contributed by atoms with Crippen molar-refractivity contribution in [1.82, 2.24) is 4.90 Å². The van der Waals surface area contributed by atoms with Crippen LogP contribution in [0.1, 0.15) is 51.0 Å². The quantitative estimate of drug-likeness (QED) is 0.930. The number of benzene rings is 1. The molecule has 1 saturated heterocycles. The minimum absolute atomic E-state index is 0.121. The maximum absolute atomic E-state index is 13.4. The van der Waals surface area contributed by atoms with Gasteiger partial charge in [-0.3, -0.25) is 4.79 Å². The van der Waals surface area contributed by atoms with Crippen LogP contribution in [0, 0.1) is 11.7 Å². The lowest BCUT2D eigenvalue weighted by molar-refractivity contribution is -0.139. The fraction of sp³-hybridized carbons (Fsp3) is 0.632. The average Bonchev–Trinajstić information content (AvgIpc) is 3.06. The number of hydrogen-bond donors (Lipinski definition) is 1. The Bertz CT molecular complexity index is 549. The molecule has 0 spiro atoms. The third kappa shape index (κ3) is 3.14. The molecule has 1 aromatic rings. The first-order chi connectivity index (χ1) is 11.0. The van der Waals surface area contributed by atoms with Gasteiger partial charge >= 0.3 is 0 Å². The third-order valence-corrected chi connectivity index (χ3v) is 5.75. The highest BCUT2D eigenvalue weighted by atomic mass is 19.1. The van der Waals surface area contributed by atoms with Crippen molar-refractivity contribution in [3.05, 3.63) is 35.6 Å². The zero-order valence-corrected chi connectivity index (χ0v) is 13.9. The Balaban J connectivity index is 1.86. The maximum atomic E-state index is 13.4. The van der Waals surface area contributed by atoms with E-state index in [0.29, 0.717) is 5.92 Å². The monoisotopic (exact) mass is 318 g/mol. The van der Waals surface area contributed by atoms with E-state index in [1.807, 2.05) is 11.8 Å². The molecule has 1 amide bonds. The van der Waals surface area contributed by atoms with Crippen molar-refractivity contribution in [2.45, 2.75) is 56.9 Å².